The van der Waals surface area contributed by atoms with E-state index in [0.717, 1.165) is 46.7 Å². The Morgan fingerprint density at radius 3 is 2.67 bits per heavy atom. The van der Waals surface area contributed by atoms with E-state index < -0.39 is 0 Å². The molecule has 0 fully saturated rings. The molecule has 3 rings (SSSR count). The van der Waals surface area contributed by atoms with E-state index in [2.05, 4.69) is 11.2 Å². The predicted molar refractivity (Wildman–Crippen MR) is 94.2 cm³/mol. The van der Waals surface area contributed by atoms with Crippen LogP contribution in [0, 0.1) is 0 Å². The van der Waals surface area contributed by atoms with Gasteiger partial charge in [0, 0.05) is 24.7 Å². The summed E-state index contributed by atoms with van der Waals surface area (Å²) in [5, 5.41) is 12.3. The minimum absolute atomic E-state index is 0.0656. The highest BCUT2D eigenvalue weighted by atomic mass is 16.5. The molecule has 1 N–H and O–H groups in total. The lowest BCUT2D eigenvalue weighted by Crippen LogP contribution is -2.25. The van der Waals surface area contributed by atoms with Crippen LogP contribution in [0.25, 0.3) is 11.1 Å². The first-order valence-electron chi connectivity index (χ1n) is 7.83. The van der Waals surface area contributed by atoms with E-state index in [0.29, 0.717) is 5.71 Å². The van der Waals surface area contributed by atoms with Gasteiger partial charge in [0.2, 0.25) is 5.91 Å². The topological polar surface area (TPSA) is 62.1 Å². The van der Waals surface area contributed by atoms with Gasteiger partial charge in [0.15, 0.2) is 0 Å². The van der Waals surface area contributed by atoms with Crippen molar-refractivity contribution >= 4 is 17.3 Å². The predicted octanol–water partition coefficient (Wildman–Crippen LogP) is 3.47. The van der Waals surface area contributed by atoms with E-state index in [9.17, 15) is 4.79 Å². The van der Waals surface area contributed by atoms with Crippen LogP contribution in [0.2, 0.25) is 0 Å². The summed E-state index contributed by atoms with van der Waals surface area (Å²) in [6, 6.07) is 11.8. The second kappa shape index (κ2) is 6.35. The molecule has 124 valence electrons. The average Bonchev–Trinajstić information content (AvgIpc) is 3.03. The molecule has 1 heterocycles. The number of hydrogen-bond donors (Lipinski definition) is 1. The molecule has 5 nitrogen and oxygen atoms in total. The molecule has 24 heavy (non-hydrogen) atoms. The highest BCUT2D eigenvalue weighted by Crippen LogP contribution is 2.36. The third-order valence-electron chi connectivity index (χ3n) is 4.43. The van der Waals surface area contributed by atoms with Crippen molar-refractivity contribution in [2.24, 2.45) is 5.16 Å². The van der Waals surface area contributed by atoms with Crippen LogP contribution in [-0.2, 0) is 11.2 Å². The Morgan fingerprint density at radius 1 is 1.21 bits per heavy atom. The molecule has 1 aliphatic heterocycles. The first-order chi connectivity index (χ1) is 11.5. The lowest BCUT2D eigenvalue weighted by molar-refractivity contribution is -0.116. The molecule has 0 unspecified atom stereocenters. The van der Waals surface area contributed by atoms with Crippen molar-refractivity contribution in [1.29, 1.82) is 0 Å². The standard InChI is InChI=1S/C19H20N2O3/c1-12(20-23)14-5-7-19(24-3)17(11-14)15-4-6-18-16(10-15)8-9-21(18)13(2)22/h4-7,10-11,23H,8-9H2,1-3H3/b20-12+. The van der Waals surface area contributed by atoms with Crippen molar-refractivity contribution in [3.8, 4) is 16.9 Å². The van der Waals surface area contributed by atoms with Gasteiger partial charge in [-0.3, -0.25) is 4.79 Å². The van der Waals surface area contributed by atoms with E-state index in [-0.39, 0.29) is 5.91 Å². The maximum atomic E-state index is 11.7. The number of fused-ring (bicyclic) bond motifs is 1. The van der Waals surface area contributed by atoms with Crippen LogP contribution in [0.1, 0.15) is 25.0 Å². The normalized spacial score (nSPS) is 13.8. The molecule has 0 aromatic heterocycles. The van der Waals surface area contributed by atoms with Crippen molar-refractivity contribution in [3.05, 3.63) is 47.5 Å². The quantitative estimate of drug-likeness (QED) is 0.534. The highest BCUT2D eigenvalue weighted by molar-refractivity contribution is 6.00. The summed E-state index contributed by atoms with van der Waals surface area (Å²) in [6.07, 6.45) is 0.849. The largest absolute Gasteiger partial charge is 0.496 e. The Morgan fingerprint density at radius 2 is 2.00 bits per heavy atom. The summed E-state index contributed by atoms with van der Waals surface area (Å²) < 4.78 is 5.48. The van der Waals surface area contributed by atoms with E-state index >= 15 is 0 Å². The fourth-order valence-electron chi connectivity index (χ4n) is 3.11. The molecule has 0 saturated heterocycles. The van der Waals surface area contributed by atoms with E-state index in [1.54, 1.807) is 25.9 Å². The van der Waals surface area contributed by atoms with Gasteiger partial charge in [0.25, 0.3) is 0 Å². The van der Waals surface area contributed by atoms with E-state index in [1.165, 1.54) is 0 Å². The van der Waals surface area contributed by atoms with Gasteiger partial charge in [-0.25, -0.2) is 0 Å². The Bertz CT molecular complexity index is 827. The van der Waals surface area contributed by atoms with Crippen molar-refractivity contribution in [2.75, 3.05) is 18.6 Å². The molecule has 2 aromatic rings. The molecular formula is C19H20N2O3. The summed E-state index contributed by atoms with van der Waals surface area (Å²) in [4.78, 5) is 13.5. The maximum absolute atomic E-state index is 11.7. The number of oxime groups is 1. The zero-order valence-electron chi connectivity index (χ0n) is 14.0. The fraction of sp³-hybridized carbons (Fsp3) is 0.263. The molecule has 0 aliphatic carbocycles. The van der Waals surface area contributed by atoms with Gasteiger partial charge >= 0.3 is 0 Å². The van der Waals surface area contributed by atoms with Crippen molar-refractivity contribution in [3.63, 3.8) is 0 Å². The smallest absolute Gasteiger partial charge is 0.223 e. The molecule has 0 radical (unpaired) electrons. The highest BCUT2D eigenvalue weighted by Gasteiger charge is 2.22. The van der Waals surface area contributed by atoms with Crippen LogP contribution in [0.15, 0.2) is 41.6 Å². The minimum Gasteiger partial charge on any atom is -0.496 e. The Hall–Kier alpha value is -2.82. The van der Waals surface area contributed by atoms with E-state index in [4.69, 9.17) is 9.94 Å². The first-order valence-corrected chi connectivity index (χ1v) is 7.83. The Labute approximate surface area is 141 Å². The lowest BCUT2D eigenvalue weighted by atomic mass is 9.98. The minimum atomic E-state index is 0.0656. The maximum Gasteiger partial charge on any atom is 0.223 e. The second-order valence-electron chi connectivity index (χ2n) is 5.86. The number of rotatable bonds is 3. The third kappa shape index (κ3) is 2.73. The first kappa shape index (κ1) is 16.1. The number of nitrogens with zero attached hydrogens (tertiary/aromatic N) is 2. The number of anilines is 1. The van der Waals surface area contributed by atoms with Crippen LogP contribution in [0.4, 0.5) is 5.69 Å². The van der Waals surface area contributed by atoms with Gasteiger partial charge in [-0.15, -0.1) is 0 Å². The monoisotopic (exact) mass is 324 g/mol. The fourth-order valence-corrected chi connectivity index (χ4v) is 3.11. The third-order valence-corrected chi connectivity index (χ3v) is 4.43. The van der Waals surface area contributed by atoms with Crippen LogP contribution in [0.3, 0.4) is 0 Å². The molecule has 1 amide bonds. The van der Waals surface area contributed by atoms with Crippen molar-refractivity contribution in [2.45, 2.75) is 20.3 Å². The van der Waals surface area contributed by atoms with Crippen molar-refractivity contribution in [1.82, 2.24) is 0 Å². The number of carbonyl (C=O) groups excluding carboxylic acids is 1. The number of ether oxygens (including phenoxy) is 1. The summed E-state index contributed by atoms with van der Waals surface area (Å²) in [5.41, 5.74) is 5.46. The summed E-state index contributed by atoms with van der Waals surface area (Å²) in [6.45, 7) is 4.06. The summed E-state index contributed by atoms with van der Waals surface area (Å²) >= 11 is 0. The molecule has 5 heteroatoms. The average molecular weight is 324 g/mol. The van der Waals surface area contributed by atoms with Gasteiger partial charge in [0.05, 0.1) is 12.8 Å². The molecule has 1 aliphatic rings. The zero-order chi connectivity index (χ0) is 17.3. The molecule has 0 atom stereocenters. The number of methoxy groups -OCH3 is 1. The molecule has 0 bridgehead atoms. The van der Waals surface area contributed by atoms with Crippen LogP contribution >= 0.6 is 0 Å². The van der Waals surface area contributed by atoms with Crippen LogP contribution in [0.5, 0.6) is 5.75 Å². The molecule has 2 aromatic carbocycles. The Balaban J connectivity index is 2.08. The molecular weight excluding hydrogens is 304 g/mol. The summed E-state index contributed by atoms with van der Waals surface area (Å²) in [7, 11) is 1.64. The van der Waals surface area contributed by atoms with Crippen LogP contribution in [-0.4, -0.2) is 30.5 Å². The number of benzene rings is 2. The van der Waals surface area contributed by atoms with Gasteiger partial charge in [-0.05, 0) is 60.4 Å². The second-order valence-corrected chi connectivity index (χ2v) is 5.86. The molecule has 0 spiro atoms. The van der Waals surface area contributed by atoms with Gasteiger partial charge in [0.1, 0.15) is 5.75 Å². The lowest BCUT2D eigenvalue weighted by Gasteiger charge is -2.16. The molecule has 0 saturated carbocycles. The van der Waals surface area contributed by atoms with Crippen LogP contribution < -0.4 is 9.64 Å². The number of carbonyl (C=O) groups is 1. The Kier molecular flexibility index (Phi) is 4.25. The van der Waals surface area contributed by atoms with Gasteiger partial charge in [-0.1, -0.05) is 11.2 Å². The summed E-state index contributed by atoms with van der Waals surface area (Å²) in [5.74, 6) is 0.821. The van der Waals surface area contributed by atoms with Crippen molar-refractivity contribution < 1.29 is 14.7 Å². The number of amides is 1. The number of hydrogen-bond acceptors (Lipinski definition) is 4. The zero-order valence-corrected chi connectivity index (χ0v) is 14.0. The van der Waals surface area contributed by atoms with Gasteiger partial charge < -0.3 is 14.8 Å². The van der Waals surface area contributed by atoms with E-state index in [1.807, 2.05) is 30.3 Å². The van der Waals surface area contributed by atoms with Gasteiger partial charge in [-0.2, -0.15) is 0 Å². The SMILES string of the molecule is COc1ccc(/C(C)=N/O)cc1-c1ccc2c(c1)CCN2C(C)=O.